The van der Waals surface area contributed by atoms with Gasteiger partial charge in [0.05, 0.1) is 34.2 Å². The highest BCUT2D eigenvalue weighted by atomic mass is 19.1. The molecular formula is C28H27F3N4. The van der Waals surface area contributed by atoms with E-state index in [-0.39, 0.29) is 17.4 Å². The quantitative estimate of drug-likeness (QED) is 0.245. The molecule has 0 unspecified atom stereocenters. The number of aromatic amines is 1. The lowest BCUT2D eigenvalue weighted by atomic mass is 10.0. The van der Waals surface area contributed by atoms with Crippen LogP contribution in [0.2, 0.25) is 0 Å². The fourth-order valence-electron chi connectivity index (χ4n) is 4.68. The lowest BCUT2D eigenvalue weighted by Gasteiger charge is -2.13. The first-order chi connectivity index (χ1) is 17.1. The van der Waals surface area contributed by atoms with Crippen molar-refractivity contribution in [3.05, 3.63) is 89.1 Å². The molecule has 180 valence electrons. The molecule has 5 aromatic rings. The van der Waals surface area contributed by atoms with Crippen molar-refractivity contribution in [1.82, 2.24) is 20.1 Å². The van der Waals surface area contributed by atoms with Gasteiger partial charge in [-0.05, 0) is 61.7 Å². The molecule has 5 rings (SSSR count). The Kier molecular flexibility index (Phi) is 6.59. The zero-order valence-corrected chi connectivity index (χ0v) is 19.5. The van der Waals surface area contributed by atoms with E-state index >= 15 is 4.39 Å². The first-order valence-electron chi connectivity index (χ1n) is 11.8. The number of alkyl halides is 1. The van der Waals surface area contributed by atoms with E-state index in [2.05, 4.69) is 27.6 Å². The van der Waals surface area contributed by atoms with Crippen molar-refractivity contribution in [2.75, 3.05) is 19.8 Å². The third-order valence-electron chi connectivity index (χ3n) is 6.48. The standard InChI is InChI=1S/C28H27F3N4/c1-18-5-2-3-6-21(18)27-26(30)25-23(12-11-22-24(25)28(31)34-33-22)35(27)17-20-9-7-19(8-10-20)13-16-32-15-4-14-29/h2-3,5-12,32H,4,13-17H2,1H3,(H,33,34). The highest BCUT2D eigenvalue weighted by Crippen LogP contribution is 2.38. The Labute approximate surface area is 201 Å². The van der Waals surface area contributed by atoms with E-state index in [1.54, 1.807) is 12.1 Å². The number of benzene rings is 3. The summed E-state index contributed by atoms with van der Waals surface area (Å²) in [7, 11) is 0. The molecule has 35 heavy (non-hydrogen) atoms. The molecule has 0 atom stereocenters. The normalized spacial score (nSPS) is 11.7. The summed E-state index contributed by atoms with van der Waals surface area (Å²) < 4.78 is 44.8. The van der Waals surface area contributed by atoms with Gasteiger partial charge in [-0.15, -0.1) is 0 Å². The minimum absolute atomic E-state index is 0.171. The molecule has 0 bridgehead atoms. The lowest BCUT2D eigenvalue weighted by Crippen LogP contribution is -2.18. The molecular weight excluding hydrogens is 449 g/mol. The van der Waals surface area contributed by atoms with Crippen LogP contribution in [0, 0.1) is 18.7 Å². The Hall–Kier alpha value is -3.58. The van der Waals surface area contributed by atoms with Gasteiger partial charge in [0.25, 0.3) is 0 Å². The lowest BCUT2D eigenvalue weighted by molar-refractivity contribution is 0.460. The number of hydrogen-bond donors (Lipinski definition) is 2. The number of fused-ring (bicyclic) bond motifs is 3. The van der Waals surface area contributed by atoms with Gasteiger partial charge < -0.3 is 9.88 Å². The number of nitrogens with one attached hydrogen (secondary N) is 2. The molecule has 0 aliphatic rings. The zero-order valence-electron chi connectivity index (χ0n) is 19.5. The van der Waals surface area contributed by atoms with Crippen LogP contribution in [0.5, 0.6) is 0 Å². The zero-order chi connectivity index (χ0) is 24.4. The van der Waals surface area contributed by atoms with Gasteiger partial charge in [-0.25, -0.2) is 4.39 Å². The first-order valence-corrected chi connectivity index (χ1v) is 11.8. The SMILES string of the molecule is Cc1ccccc1-c1c(F)c2c3c(F)[nH]nc3ccc2n1Cc1ccc(CCNCCCF)cc1. The van der Waals surface area contributed by atoms with Gasteiger partial charge in [-0.2, -0.15) is 9.49 Å². The number of H-pyrrole nitrogens is 1. The third-order valence-corrected chi connectivity index (χ3v) is 6.48. The second-order valence-corrected chi connectivity index (χ2v) is 8.81. The van der Waals surface area contributed by atoms with Gasteiger partial charge >= 0.3 is 0 Å². The summed E-state index contributed by atoms with van der Waals surface area (Å²) in [6.45, 7) is 3.54. The van der Waals surface area contributed by atoms with Crippen LogP contribution in [0.1, 0.15) is 23.1 Å². The van der Waals surface area contributed by atoms with Gasteiger partial charge in [0.15, 0.2) is 5.82 Å². The van der Waals surface area contributed by atoms with Crippen molar-refractivity contribution >= 4 is 21.8 Å². The van der Waals surface area contributed by atoms with Gasteiger partial charge in [0, 0.05) is 12.1 Å². The summed E-state index contributed by atoms with van der Waals surface area (Å²) in [5, 5.41) is 9.96. The van der Waals surface area contributed by atoms with Crippen LogP contribution in [0.15, 0.2) is 60.7 Å². The number of aryl methyl sites for hydroxylation is 1. The van der Waals surface area contributed by atoms with Crippen molar-refractivity contribution in [1.29, 1.82) is 0 Å². The highest BCUT2D eigenvalue weighted by molar-refractivity contribution is 6.08. The average Bonchev–Trinajstić information content (AvgIpc) is 3.37. The minimum atomic E-state index is -0.637. The minimum Gasteiger partial charge on any atom is -0.333 e. The molecule has 0 aliphatic heterocycles. The highest BCUT2D eigenvalue weighted by Gasteiger charge is 2.24. The smallest absolute Gasteiger partial charge is 0.217 e. The van der Waals surface area contributed by atoms with E-state index in [0.717, 1.165) is 29.7 Å². The van der Waals surface area contributed by atoms with Crippen LogP contribution in [0.3, 0.4) is 0 Å². The monoisotopic (exact) mass is 476 g/mol. The fraction of sp³-hybridized carbons (Fsp3) is 0.250. The molecule has 0 aliphatic carbocycles. The largest absolute Gasteiger partial charge is 0.333 e. The van der Waals surface area contributed by atoms with Crippen LogP contribution < -0.4 is 5.32 Å². The number of rotatable bonds is 9. The molecule has 0 saturated heterocycles. The molecule has 2 N–H and O–H groups in total. The van der Waals surface area contributed by atoms with E-state index in [4.69, 9.17) is 0 Å². The summed E-state index contributed by atoms with van der Waals surface area (Å²) in [5.74, 6) is -1.08. The molecule has 2 aromatic heterocycles. The number of nitrogens with zero attached hydrogens (tertiary/aromatic N) is 2. The van der Waals surface area contributed by atoms with Gasteiger partial charge in [0.1, 0.15) is 0 Å². The predicted octanol–water partition coefficient (Wildman–Crippen LogP) is 6.31. The van der Waals surface area contributed by atoms with Crippen LogP contribution in [-0.4, -0.2) is 34.5 Å². The third kappa shape index (κ3) is 4.44. The summed E-state index contributed by atoms with van der Waals surface area (Å²) in [6, 6.07) is 19.4. The Morgan fingerprint density at radius 1 is 0.914 bits per heavy atom. The van der Waals surface area contributed by atoms with Gasteiger partial charge in [0.2, 0.25) is 5.95 Å². The van der Waals surface area contributed by atoms with Crippen molar-refractivity contribution in [2.24, 2.45) is 0 Å². The van der Waals surface area contributed by atoms with Crippen molar-refractivity contribution < 1.29 is 13.2 Å². The van der Waals surface area contributed by atoms with Crippen LogP contribution in [-0.2, 0) is 13.0 Å². The first kappa shape index (κ1) is 23.2. The summed E-state index contributed by atoms with van der Waals surface area (Å²) >= 11 is 0. The average molecular weight is 477 g/mol. The molecule has 0 fully saturated rings. The summed E-state index contributed by atoms with van der Waals surface area (Å²) in [4.78, 5) is 0. The van der Waals surface area contributed by atoms with E-state index in [1.165, 1.54) is 5.56 Å². The maximum atomic E-state index is 16.1. The van der Waals surface area contributed by atoms with E-state index in [9.17, 15) is 8.78 Å². The second-order valence-electron chi connectivity index (χ2n) is 8.81. The number of aromatic nitrogens is 3. The molecule has 2 heterocycles. The molecule has 7 heteroatoms. The topological polar surface area (TPSA) is 45.6 Å². The van der Waals surface area contributed by atoms with E-state index in [0.29, 0.717) is 36.2 Å². The maximum Gasteiger partial charge on any atom is 0.217 e. The Balaban J connectivity index is 1.54. The fourth-order valence-corrected chi connectivity index (χ4v) is 4.68. The van der Waals surface area contributed by atoms with Crippen molar-refractivity contribution in [2.45, 2.75) is 26.3 Å². The molecule has 4 nitrogen and oxygen atoms in total. The van der Waals surface area contributed by atoms with Crippen molar-refractivity contribution in [3.8, 4) is 11.3 Å². The van der Waals surface area contributed by atoms with Gasteiger partial charge in [-0.3, -0.25) is 9.49 Å². The Morgan fingerprint density at radius 3 is 2.46 bits per heavy atom. The molecule has 0 spiro atoms. The molecule has 0 radical (unpaired) electrons. The summed E-state index contributed by atoms with van der Waals surface area (Å²) in [6.07, 6.45) is 1.37. The number of hydrogen-bond acceptors (Lipinski definition) is 2. The van der Waals surface area contributed by atoms with Crippen LogP contribution in [0.25, 0.3) is 33.1 Å². The second kappa shape index (κ2) is 9.96. The van der Waals surface area contributed by atoms with Gasteiger partial charge in [-0.1, -0.05) is 48.5 Å². The van der Waals surface area contributed by atoms with Crippen LogP contribution >= 0.6 is 0 Å². The number of halogens is 3. The summed E-state index contributed by atoms with van der Waals surface area (Å²) in [5.41, 5.74) is 5.35. The Bertz CT molecular complexity index is 1470. The van der Waals surface area contributed by atoms with Crippen LogP contribution in [0.4, 0.5) is 13.2 Å². The molecule has 3 aromatic carbocycles. The van der Waals surface area contributed by atoms with Crippen molar-refractivity contribution in [3.63, 3.8) is 0 Å². The molecule has 0 saturated carbocycles. The maximum absolute atomic E-state index is 16.1. The van der Waals surface area contributed by atoms with E-state index < -0.39 is 11.8 Å². The molecule has 0 amide bonds. The Morgan fingerprint density at radius 2 is 1.69 bits per heavy atom. The predicted molar refractivity (Wildman–Crippen MR) is 134 cm³/mol. The van der Waals surface area contributed by atoms with E-state index in [1.807, 2.05) is 47.9 Å².